The molecule has 2 rings (SSSR count). The van der Waals surface area contributed by atoms with Crippen LogP contribution in [0.4, 0.5) is 0 Å². The molecular formula is C11H14N2O2. The van der Waals surface area contributed by atoms with Gasteiger partial charge in [-0.15, -0.1) is 0 Å². The largest absolute Gasteiger partial charge is 0.449 e. The van der Waals surface area contributed by atoms with E-state index in [1.54, 1.807) is 18.7 Å². The zero-order valence-electron chi connectivity index (χ0n) is 8.93. The van der Waals surface area contributed by atoms with E-state index >= 15 is 0 Å². The van der Waals surface area contributed by atoms with Crippen LogP contribution in [0.2, 0.25) is 0 Å². The van der Waals surface area contributed by atoms with Gasteiger partial charge in [0.2, 0.25) is 0 Å². The second-order valence-corrected chi connectivity index (χ2v) is 3.55. The van der Waals surface area contributed by atoms with Crippen LogP contribution < -0.4 is 0 Å². The van der Waals surface area contributed by atoms with Crippen molar-refractivity contribution >= 4 is 0 Å². The zero-order chi connectivity index (χ0) is 10.7. The molecular weight excluding hydrogens is 192 g/mol. The summed E-state index contributed by atoms with van der Waals surface area (Å²) >= 11 is 0. The molecule has 0 aliphatic heterocycles. The van der Waals surface area contributed by atoms with E-state index in [1.807, 2.05) is 13.8 Å². The van der Waals surface area contributed by atoms with E-state index < -0.39 is 0 Å². The van der Waals surface area contributed by atoms with Gasteiger partial charge in [0.1, 0.15) is 12.0 Å². The molecule has 0 saturated heterocycles. The first kappa shape index (κ1) is 9.96. The molecule has 2 aromatic heterocycles. The molecule has 80 valence electrons. The second-order valence-electron chi connectivity index (χ2n) is 3.55. The Morgan fingerprint density at radius 3 is 2.87 bits per heavy atom. The number of nitrogens with zero attached hydrogens (tertiary/aromatic N) is 2. The highest BCUT2D eigenvalue weighted by molar-refractivity contribution is 4.99. The molecule has 0 amide bonds. The second kappa shape index (κ2) is 4.29. The highest BCUT2D eigenvalue weighted by atomic mass is 16.4. The van der Waals surface area contributed by atoms with E-state index in [9.17, 15) is 0 Å². The van der Waals surface area contributed by atoms with Gasteiger partial charge in [0.15, 0.2) is 11.8 Å². The molecule has 0 fully saturated rings. The van der Waals surface area contributed by atoms with Gasteiger partial charge in [0, 0.05) is 18.8 Å². The maximum atomic E-state index is 5.52. The molecule has 0 aliphatic carbocycles. The Morgan fingerprint density at radius 2 is 2.27 bits per heavy atom. The van der Waals surface area contributed by atoms with Crippen LogP contribution in [-0.2, 0) is 12.8 Å². The van der Waals surface area contributed by atoms with E-state index in [0.717, 1.165) is 30.4 Å². The predicted octanol–water partition coefficient (Wildman–Crippen LogP) is 2.57. The summed E-state index contributed by atoms with van der Waals surface area (Å²) in [6.07, 6.45) is 6.61. The van der Waals surface area contributed by atoms with E-state index in [-0.39, 0.29) is 5.92 Å². The van der Waals surface area contributed by atoms with Crippen molar-refractivity contribution < 1.29 is 8.83 Å². The predicted molar refractivity (Wildman–Crippen MR) is 54.5 cm³/mol. The summed E-state index contributed by atoms with van der Waals surface area (Å²) in [6.45, 7) is 4.09. The zero-order valence-corrected chi connectivity index (χ0v) is 8.93. The normalized spacial score (nSPS) is 12.9. The molecule has 0 spiro atoms. The number of hydrogen-bond acceptors (Lipinski definition) is 4. The molecule has 4 nitrogen and oxygen atoms in total. The molecule has 4 heteroatoms. The maximum Gasteiger partial charge on any atom is 0.197 e. The van der Waals surface area contributed by atoms with Crippen LogP contribution in [0.5, 0.6) is 0 Å². The Hall–Kier alpha value is -1.58. The topological polar surface area (TPSA) is 52.1 Å². The molecule has 0 saturated carbocycles. The third-order valence-electron chi connectivity index (χ3n) is 2.30. The Morgan fingerprint density at radius 1 is 1.40 bits per heavy atom. The van der Waals surface area contributed by atoms with Crippen molar-refractivity contribution in [3.8, 4) is 0 Å². The molecule has 0 radical (unpaired) electrons. The minimum atomic E-state index is 0.198. The van der Waals surface area contributed by atoms with Crippen LogP contribution in [0.25, 0.3) is 0 Å². The molecule has 0 N–H and O–H groups in total. The van der Waals surface area contributed by atoms with Crippen LogP contribution >= 0.6 is 0 Å². The third-order valence-corrected chi connectivity index (χ3v) is 2.30. The van der Waals surface area contributed by atoms with Crippen LogP contribution in [0.15, 0.2) is 27.5 Å². The summed E-state index contributed by atoms with van der Waals surface area (Å²) in [5, 5.41) is 0. The smallest absolute Gasteiger partial charge is 0.197 e. The lowest BCUT2D eigenvalue weighted by Gasteiger charge is -2.02. The van der Waals surface area contributed by atoms with Crippen molar-refractivity contribution in [2.75, 3.05) is 0 Å². The number of hydrogen-bond donors (Lipinski definition) is 0. The Kier molecular flexibility index (Phi) is 2.85. The van der Waals surface area contributed by atoms with Gasteiger partial charge >= 0.3 is 0 Å². The van der Waals surface area contributed by atoms with Crippen LogP contribution in [0, 0.1) is 0 Å². The van der Waals surface area contributed by atoms with Gasteiger partial charge in [-0.25, -0.2) is 9.97 Å². The summed E-state index contributed by atoms with van der Waals surface area (Å²) < 4.78 is 10.7. The molecule has 15 heavy (non-hydrogen) atoms. The summed E-state index contributed by atoms with van der Waals surface area (Å²) in [6, 6.07) is 0. The van der Waals surface area contributed by atoms with Gasteiger partial charge in [-0.1, -0.05) is 13.8 Å². The summed E-state index contributed by atoms with van der Waals surface area (Å²) in [4.78, 5) is 8.30. The average molecular weight is 206 g/mol. The van der Waals surface area contributed by atoms with Gasteiger partial charge in [0.25, 0.3) is 0 Å². The summed E-state index contributed by atoms with van der Waals surface area (Å²) in [5.41, 5.74) is 0. The fourth-order valence-electron chi connectivity index (χ4n) is 1.43. The standard InChI is InChI=1S/C11H14N2O2/c1-3-9-7-13-10(15-9)6-8(2)11-12-4-5-14-11/h4-5,7-8H,3,6H2,1-2H3. The summed E-state index contributed by atoms with van der Waals surface area (Å²) in [5.74, 6) is 2.59. The van der Waals surface area contributed by atoms with Crippen molar-refractivity contribution in [1.29, 1.82) is 0 Å². The van der Waals surface area contributed by atoms with Gasteiger partial charge in [-0.2, -0.15) is 0 Å². The van der Waals surface area contributed by atoms with Crippen molar-refractivity contribution in [2.45, 2.75) is 32.6 Å². The molecule has 0 bridgehead atoms. The average Bonchev–Trinajstić information content (AvgIpc) is 2.87. The first-order valence-electron chi connectivity index (χ1n) is 5.12. The Balaban J connectivity index is 2.02. The molecule has 0 aliphatic rings. The first-order valence-corrected chi connectivity index (χ1v) is 5.12. The van der Waals surface area contributed by atoms with Crippen LogP contribution in [-0.4, -0.2) is 9.97 Å². The molecule has 0 aromatic carbocycles. The summed E-state index contributed by atoms with van der Waals surface area (Å²) in [7, 11) is 0. The highest BCUT2D eigenvalue weighted by Gasteiger charge is 2.14. The first-order chi connectivity index (χ1) is 7.29. The fourth-order valence-corrected chi connectivity index (χ4v) is 1.43. The van der Waals surface area contributed by atoms with Gasteiger partial charge in [-0.3, -0.25) is 0 Å². The molecule has 2 heterocycles. The Labute approximate surface area is 88.3 Å². The van der Waals surface area contributed by atoms with E-state index in [2.05, 4.69) is 9.97 Å². The quantitative estimate of drug-likeness (QED) is 0.771. The van der Waals surface area contributed by atoms with Crippen molar-refractivity contribution in [3.63, 3.8) is 0 Å². The van der Waals surface area contributed by atoms with Crippen molar-refractivity contribution in [2.24, 2.45) is 0 Å². The highest BCUT2D eigenvalue weighted by Crippen LogP contribution is 2.18. The lowest BCUT2D eigenvalue weighted by atomic mass is 10.1. The number of oxazole rings is 2. The van der Waals surface area contributed by atoms with Crippen LogP contribution in [0.3, 0.4) is 0 Å². The van der Waals surface area contributed by atoms with Gasteiger partial charge < -0.3 is 8.83 Å². The maximum absolute atomic E-state index is 5.52. The lowest BCUT2D eigenvalue weighted by Crippen LogP contribution is -1.98. The van der Waals surface area contributed by atoms with Gasteiger partial charge in [0.05, 0.1) is 12.4 Å². The van der Waals surface area contributed by atoms with E-state index in [1.165, 1.54) is 0 Å². The Bertz CT molecular complexity index is 406. The van der Waals surface area contributed by atoms with Crippen molar-refractivity contribution in [3.05, 3.63) is 36.2 Å². The van der Waals surface area contributed by atoms with Crippen molar-refractivity contribution in [1.82, 2.24) is 9.97 Å². The molecule has 1 unspecified atom stereocenters. The van der Waals surface area contributed by atoms with Crippen LogP contribution in [0.1, 0.15) is 37.3 Å². The third kappa shape index (κ3) is 2.26. The molecule has 2 aromatic rings. The van der Waals surface area contributed by atoms with Gasteiger partial charge in [-0.05, 0) is 0 Å². The number of rotatable bonds is 4. The molecule has 1 atom stereocenters. The number of aromatic nitrogens is 2. The van der Waals surface area contributed by atoms with E-state index in [0.29, 0.717) is 0 Å². The lowest BCUT2D eigenvalue weighted by molar-refractivity contribution is 0.409. The monoisotopic (exact) mass is 206 g/mol. The number of aryl methyl sites for hydroxylation is 1. The van der Waals surface area contributed by atoms with E-state index in [4.69, 9.17) is 8.83 Å². The fraction of sp³-hybridized carbons (Fsp3) is 0.455. The minimum Gasteiger partial charge on any atom is -0.449 e. The SMILES string of the molecule is CCc1cnc(CC(C)c2ncco2)o1. The minimum absolute atomic E-state index is 0.198.